The van der Waals surface area contributed by atoms with Crippen LogP contribution in [0.1, 0.15) is 18.4 Å². The molecule has 0 saturated carbocycles. The molecule has 2 heterocycles. The first-order valence-electron chi connectivity index (χ1n) is 7.29. The van der Waals surface area contributed by atoms with E-state index in [2.05, 4.69) is 6.07 Å². The van der Waals surface area contributed by atoms with E-state index in [9.17, 15) is 14.9 Å². The van der Waals surface area contributed by atoms with Gasteiger partial charge in [-0.3, -0.25) is 4.79 Å². The third-order valence-corrected chi connectivity index (χ3v) is 4.46. The van der Waals surface area contributed by atoms with E-state index in [0.29, 0.717) is 17.8 Å². The molecule has 22 heavy (non-hydrogen) atoms. The number of fused-ring (bicyclic) bond motifs is 2. The van der Waals surface area contributed by atoms with Gasteiger partial charge in [-0.25, -0.2) is 9.69 Å². The van der Waals surface area contributed by atoms with Gasteiger partial charge in [0.2, 0.25) is 0 Å². The number of carbonyl (C=O) groups excluding carboxylic acids is 2. The molecule has 0 N–H and O–H groups in total. The van der Waals surface area contributed by atoms with Gasteiger partial charge in [0.25, 0.3) is 5.91 Å². The Morgan fingerprint density at radius 1 is 1.09 bits per heavy atom. The fraction of sp³-hybridized carbons (Fsp3) is 0.235. The lowest BCUT2D eigenvalue weighted by Gasteiger charge is -2.18. The average Bonchev–Trinajstić information content (AvgIpc) is 3.11. The van der Waals surface area contributed by atoms with E-state index in [1.165, 1.54) is 4.90 Å². The second kappa shape index (κ2) is 4.57. The zero-order valence-electron chi connectivity index (χ0n) is 11.8. The third kappa shape index (κ3) is 1.58. The fourth-order valence-electron chi connectivity index (χ4n) is 3.42. The molecule has 5 heteroatoms. The van der Waals surface area contributed by atoms with Gasteiger partial charge >= 0.3 is 6.03 Å². The highest BCUT2D eigenvalue weighted by atomic mass is 16.2. The molecule has 2 aliphatic rings. The van der Waals surface area contributed by atoms with Crippen molar-refractivity contribution in [3.63, 3.8) is 0 Å². The molecule has 0 radical (unpaired) electrons. The first kappa shape index (κ1) is 12.8. The monoisotopic (exact) mass is 291 g/mol. The Morgan fingerprint density at radius 2 is 1.86 bits per heavy atom. The molecule has 2 saturated heterocycles. The van der Waals surface area contributed by atoms with Crippen LogP contribution in [0.4, 0.5) is 10.5 Å². The third-order valence-electron chi connectivity index (χ3n) is 4.46. The molecule has 2 aromatic rings. The van der Waals surface area contributed by atoms with Gasteiger partial charge < -0.3 is 4.90 Å². The van der Waals surface area contributed by atoms with Crippen LogP contribution in [0, 0.1) is 11.3 Å². The van der Waals surface area contributed by atoms with Crippen LogP contribution in [-0.2, 0) is 4.79 Å². The van der Waals surface area contributed by atoms with E-state index in [-0.39, 0.29) is 18.0 Å². The van der Waals surface area contributed by atoms with E-state index in [0.717, 1.165) is 23.6 Å². The van der Waals surface area contributed by atoms with Crippen molar-refractivity contribution in [2.45, 2.75) is 18.9 Å². The summed E-state index contributed by atoms with van der Waals surface area (Å²) in [6.07, 6.45) is 1.61. The van der Waals surface area contributed by atoms with Crippen LogP contribution in [0.15, 0.2) is 36.4 Å². The minimum absolute atomic E-state index is 0.155. The number of nitriles is 1. The van der Waals surface area contributed by atoms with Crippen LogP contribution in [0.3, 0.4) is 0 Å². The lowest BCUT2D eigenvalue weighted by Crippen LogP contribution is -2.33. The summed E-state index contributed by atoms with van der Waals surface area (Å²) in [4.78, 5) is 28.1. The molecule has 0 aromatic heterocycles. The van der Waals surface area contributed by atoms with Crippen molar-refractivity contribution in [1.82, 2.24) is 4.90 Å². The molecule has 2 aromatic carbocycles. The van der Waals surface area contributed by atoms with Gasteiger partial charge in [0.1, 0.15) is 6.04 Å². The van der Waals surface area contributed by atoms with Gasteiger partial charge in [0, 0.05) is 17.3 Å². The number of nitrogens with zero attached hydrogens (tertiary/aromatic N) is 3. The molecule has 5 nitrogen and oxygen atoms in total. The molecular weight excluding hydrogens is 278 g/mol. The highest BCUT2D eigenvalue weighted by molar-refractivity contribution is 6.24. The summed E-state index contributed by atoms with van der Waals surface area (Å²) in [5, 5.41) is 10.7. The van der Waals surface area contributed by atoms with Gasteiger partial charge in [0.15, 0.2) is 0 Å². The fourth-order valence-corrected chi connectivity index (χ4v) is 3.42. The van der Waals surface area contributed by atoms with Crippen molar-refractivity contribution < 1.29 is 9.59 Å². The van der Waals surface area contributed by atoms with Gasteiger partial charge in [0.05, 0.1) is 17.3 Å². The van der Waals surface area contributed by atoms with E-state index in [4.69, 9.17) is 0 Å². The van der Waals surface area contributed by atoms with Crippen LogP contribution in [0.25, 0.3) is 10.8 Å². The Morgan fingerprint density at radius 3 is 2.59 bits per heavy atom. The smallest absolute Gasteiger partial charge is 0.312 e. The number of hydrogen-bond acceptors (Lipinski definition) is 3. The maximum Gasteiger partial charge on any atom is 0.332 e. The summed E-state index contributed by atoms with van der Waals surface area (Å²) in [7, 11) is 0. The number of imide groups is 1. The van der Waals surface area contributed by atoms with Gasteiger partial charge in [-0.15, -0.1) is 0 Å². The number of anilines is 1. The first-order valence-corrected chi connectivity index (χ1v) is 7.29. The van der Waals surface area contributed by atoms with Crippen LogP contribution >= 0.6 is 0 Å². The summed E-state index contributed by atoms with van der Waals surface area (Å²) in [5.41, 5.74) is 1.11. The summed E-state index contributed by atoms with van der Waals surface area (Å²) < 4.78 is 0. The minimum atomic E-state index is -0.318. The van der Waals surface area contributed by atoms with Crippen molar-refractivity contribution in [2.24, 2.45) is 0 Å². The molecular formula is C17H13N3O2. The average molecular weight is 291 g/mol. The van der Waals surface area contributed by atoms with Crippen LogP contribution in [0.2, 0.25) is 0 Å². The molecule has 4 rings (SSSR count). The second-order valence-corrected chi connectivity index (χ2v) is 5.60. The van der Waals surface area contributed by atoms with E-state index in [1.54, 1.807) is 17.0 Å². The van der Waals surface area contributed by atoms with Crippen molar-refractivity contribution in [3.05, 3.63) is 42.0 Å². The number of rotatable bonds is 1. The van der Waals surface area contributed by atoms with Crippen molar-refractivity contribution in [3.8, 4) is 6.07 Å². The molecule has 2 fully saturated rings. The number of carbonyl (C=O) groups is 2. The Kier molecular flexibility index (Phi) is 2.67. The predicted octanol–water partition coefficient (Wildman–Crippen LogP) is 2.64. The van der Waals surface area contributed by atoms with Gasteiger partial charge in [-0.1, -0.05) is 24.3 Å². The Bertz CT molecular complexity index is 831. The molecule has 1 atom stereocenters. The van der Waals surface area contributed by atoms with Gasteiger partial charge in [-0.05, 0) is 25.0 Å². The lowest BCUT2D eigenvalue weighted by molar-refractivity contribution is -0.119. The maximum atomic E-state index is 12.6. The zero-order valence-corrected chi connectivity index (χ0v) is 11.8. The summed E-state index contributed by atoms with van der Waals surface area (Å²) in [6, 6.07) is 12.3. The van der Waals surface area contributed by atoms with Gasteiger partial charge in [-0.2, -0.15) is 5.26 Å². The second-order valence-electron chi connectivity index (χ2n) is 5.60. The summed E-state index contributed by atoms with van der Waals surface area (Å²) in [5.74, 6) is -0.155. The normalized spacial score (nSPS) is 20.6. The topological polar surface area (TPSA) is 64.4 Å². The van der Waals surface area contributed by atoms with Crippen LogP contribution < -0.4 is 4.90 Å². The number of urea groups is 1. The quantitative estimate of drug-likeness (QED) is 0.759. The SMILES string of the molecule is N#Cc1ccc(N2C(=O)[C@H]3CCCN3C2=O)c2ccccc12. The molecule has 3 amide bonds. The highest BCUT2D eigenvalue weighted by Gasteiger charge is 2.48. The van der Waals surface area contributed by atoms with E-state index >= 15 is 0 Å². The van der Waals surface area contributed by atoms with Crippen molar-refractivity contribution in [1.29, 1.82) is 5.26 Å². The maximum absolute atomic E-state index is 12.6. The molecule has 2 aliphatic heterocycles. The molecule has 0 spiro atoms. The number of hydrogen-bond donors (Lipinski definition) is 0. The van der Waals surface area contributed by atoms with Crippen molar-refractivity contribution in [2.75, 3.05) is 11.4 Å². The largest absolute Gasteiger partial charge is 0.332 e. The standard InChI is InChI=1S/C17H13N3O2/c18-10-11-7-8-14(13-5-2-1-4-12(11)13)20-16(21)15-6-3-9-19(15)17(20)22/h1-2,4-5,7-8,15H,3,6,9H2/t15-/m1/s1. The Hall–Kier alpha value is -2.87. The lowest BCUT2D eigenvalue weighted by atomic mass is 10.0. The van der Waals surface area contributed by atoms with E-state index < -0.39 is 0 Å². The molecule has 0 aliphatic carbocycles. The zero-order chi connectivity index (χ0) is 15.3. The van der Waals surface area contributed by atoms with Crippen LogP contribution in [-0.4, -0.2) is 29.4 Å². The highest BCUT2D eigenvalue weighted by Crippen LogP contribution is 2.36. The predicted molar refractivity (Wildman–Crippen MR) is 81.3 cm³/mol. The molecule has 0 bridgehead atoms. The Labute approximate surface area is 127 Å². The molecule has 0 unspecified atom stereocenters. The molecule has 108 valence electrons. The number of benzene rings is 2. The first-order chi connectivity index (χ1) is 10.7. The van der Waals surface area contributed by atoms with Crippen LogP contribution in [0.5, 0.6) is 0 Å². The van der Waals surface area contributed by atoms with E-state index in [1.807, 2.05) is 24.3 Å². The summed E-state index contributed by atoms with van der Waals surface area (Å²) in [6.45, 7) is 0.639. The van der Waals surface area contributed by atoms with Crippen molar-refractivity contribution >= 4 is 28.4 Å². The Balaban J connectivity index is 1.91. The number of amides is 3. The minimum Gasteiger partial charge on any atom is -0.312 e. The summed E-state index contributed by atoms with van der Waals surface area (Å²) >= 11 is 0.